The van der Waals surface area contributed by atoms with E-state index in [-0.39, 0.29) is 0 Å². The standard InChI is InChI=1S/C58H38N2O/c1-2-16-45-41(14-1)15-13-26-53(45)59(52-22-8-4-18-47(52)43-34-37-58-51(38-43)50-21-7-12-27-57(50)61-58)44-35-32-40(33-36-44)39-28-30-42(31-29-39)46-17-3-9-23-54(46)60-55-24-10-5-19-48(55)49-20-6-11-25-56(49)60/h1-38H. The normalized spacial score (nSPS) is 11.6. The molecule has 0 radical (unpaired) electrons. The van der Waals surface area contributed by atoms with Crippen molar-refractivity contribution in [2.75, 3.05) is 4.90 Å². The van der Waals surface area contributed by atoms with Crippen LogP contribution in [-0.2, 0) is 0 Å². The second kappa shape index (κ2) is 14.3. The molecule has 0 saturated heterocycles. The second-order valence-electron chi connectivity index (χ2n) is 15.7. The summed E-state index contributed by atoms with van der Waals surface area (Å²) in [4.78, 5) is 2.41. The molecule has 0 saturated carbocycles. The van der Waals surface area contributed by atoms with Crippen molar-refractivity contribution in [1.82, 2.24) is 4.57 Å². The molecule has 0 bridgehead atoms. The number of para-hydroxylation sites is 5. The molecule has 10 aromatic carbocycles. The Morgan fingerprint density at radius 2 is 0.852 bits per heavy atom. The van der Waals surface area contributed by atoms with E-state index in [9.17, 15) is 0 Å². The van der Waals surface area contributed by atoms with Crippen LogP contribution in [0.5, 0.6) is 0 Å². The van der Waals surface area contributed by atoms with E-state index in [1.807, 2.05) is 12.1 Å². The van der Waals surface area contributed by atoms with Crippen molar-refractivity contribution in [3.05, 3.63) is 231 Å². The first-order chi connectivity index (χ1) is 30.3. The number of anilines is 3. The van der Waals surface area contributed by atoms with Crippen LogP contribution in [0.15, 0.2) is 235 Å². The lowest BCUT2D eigenvalue weighted by atomic mass is 9.97. The zero-order valence-electron chi connectivity index (χ0n) is 33.2. The van der Waals surface area contributed by atoms with Crippen molar-refractivity contribution < 1.29 is 4.42 Å². The van der Waals surface area contributed by atoms with Crippen LogP contribution >= 0.6 is 0 Å². The molecule has 0 fully saturated rings. The Kier molecular flexibility index (Phi) is 8.17. The summed E-state index contributed by atoms with van der Waals surface area (Å²) in [5.74, 6) is 0. The number of hydrogen-bond acceptors (Lipinski definition) is 2. The predicted octanol–water partition coefficient (Wildman–Crippen LogP) is 16.3. The van der Waals surface area contributed by atoms with E-state index >= 15 is 0 Å². The summed E-state index contributed by atoms with van der Waals surface area (Å²) in [5, 5.41) is 7.16. The van der Waals surface area contributed by atoms with E-state index < -0.39 is 0 Å². The van der Waals surface area contributed by atoms with Gasteiger partial charge in [0, 0.05) is 43.7 Å². The lowest BCUT2D eigenvalue weighted by Crippen LogP contribution is -2.11. The van der Waals surface area contributed by atoms with Gasteiger partial charge in [-0.15, -0.1) is 0 Å². The van der Waals surface area contributed by atoms with Gasteiger partial charge in [-0.2, -0.15) is 0 Å². The number of fused-ring (bicyclic) bond motifs is 7. The highest BCUT2D eigenvalue weighted by Crippen LogP contribution is 2.45. The molecule has 286 valence electrons. The minimum absolute atomic E-state index is 0.893. The van der Waals surface area contributed by atoms with Crippen LogP contribution in [0, 0.1) is 0 Å². The number of hydrogen-bond donors (Lipinski definition) is 0. The molecule has 0 amide bonds. The molecule has 2 aromatic heterocycles. The van der Waals surface area contributed by atoms with E-state index in [1.54, 1.807) is 0 Å². The van der Waals surface area contributed by atoms with Gasteiger partial charge in [-0.1, -0.05) is 170 Å². The largest absolute Gasteiger partial charge is 0.456 e. The molecule has 12 aromatic rings. The molecule has 0 N–H and O–H groups in total. The van der Waals surface area contributed by atoms with Crippen LogP contribution in [0.1, 0.15) is 0 Å². The average molecular weight is 779 g/mol. The zero-order valence-corrected chi connectivity index (χ0v) is 33.2. The Morgan fingerprint density at radius 1 is 0.328 bits per heavy atom. The SMILES string of the molecule is c1ccc(N(c2ccc(-c3ccc(-c4ccccc4-n4c5ccccc5c5ccccc54)cc3)cc2)c2cccc3ccccc23)c(-c2ccc3oc4ccccc4c3c2)c1. The molecule has 0 spiro atoms. The Bertz CT molecular complexity index is 3530. The number of nitrogens with zero attached hydrogens (tertiary/aromatic N) is 2. The molecule has 61 heavy (non-hydrogen) atoms. The smallest absolute Gasteiger partial charge is 0.135 e. The third kappa shape index (κ3) is 5.82. The van der Waals surface area contributed by atoms with E-state index in [0.29, 0.717) is 0 Å². The third-order valence-corrected chi connectivity index (χ3v) is 12.2. The topological polar surface area (TPSA) is 21.3 Å². The van der Waals surface area contributed by atoms with Gasteiger partial charge in [0.05, 0.1) is 28.1 Å². The van der Waals surface area contributed by atoms with Crippen molar-refractivity contribution in [2.45, 2.75) is 0 Å². The quantitative estimate of drug-likeness (QED) is 0.161. The van der Waals surface area contributed by atoms with Crippen LogP contribution in [0.3, 0.4) is 0 Å². The van der Waals surface area contributed by atoms with E-state index in [1.165, 1.54) is 55.0 Å². The molecule has 2 heterocycles. The summed E-state index contributed by atoms with van der Waals surface area (Å²) in [5.41, 5.74) is 15.7. The highest BCUT2D eigenvalue weighted by Gasteiger charge is 2.21. The molecule has 0 unspecified atom stereocenters. The van der Waals surface area contributed by atoms with Crippen molar-refractivity contribution in [3.8, 4) is 39.1 Å². The molecular formula is C58H38N2O. The maximum atomic E-state index is 6.22. The van der Waals surface area contributed by atoms with E-state index in [0.717, 1.165) is 55.7 Å². The highest BCUT2D eigenvalue weighted by atomic mass is 16.3. The van der Waals surface area contributed by atoms with Crippen molar-refractivity contribution >= 4 is 71.6 Å². The van der Waals surface area contributed by atoms with Gasteiger partial charge in [0.1, 0.15) is 11.2 Å². The summed E-state index contributed by atoms with van der Waals surface area (Å²) < 4.78 is 8.63. The zero-order chi connectivity index (χ0) is 40.3. The van der Waals surface area contributed by atoms with Gasteiger partial charge in [-0.25, -0.2) is 0 Å². The van der Waals surface area contributed by atoms with Crippen LogP contribution in [0.2, 0.25) is 0 Å². The predicted molar refractivity (Wildman–Crippen MR) is 257 cm³/mol. The summed E-state index contributed by atoms with van der Waals surface area (Å²) in [6.45, 7) is 0. The Labute approximate surface area is 353 Å². The Balaban J connectivity index is 0.939. The first kappa shape index (κ1) is 34.9. The fraction of sp³-hybridized carbons (Fsp3) is 0. The number of benzene rings is 10. The van der Waals surface area contributed by atoms with E-state index in [2.05, 4.69) is 228 Å². The summed E-state index contributed by atoms with van der Waals surface area (Å²) >= 11 is 0. The monoisotopic (exact) mass is 778 g/mol. The first-order valence-corrected chi connectivity index (χ1v) is 20.8. The molecule has 3 heteroatoms. The number of furan rings is 1. The number of rotatable bonds is 7. The minimum atomic E-state index is 0.893. The van der Waals surface area contributed by atoms with Crippen molar-refractivity contribution in [1.29, 1.82) is 0 Å². The summed E-state index contributed by atoms with van der Waals surface area (Å²) in [6, 6.07) is 83.0. The van der Waals surface area contributed by atoms with Gasteiger partial charge >= 0.3 is 0 Å². The minimum Gasteiger partial charge on any atom is -0.456 e. The molecule has 3 nitrogen and oxygen atoms in total. The first-order valence-electron chi connectivity index (χ1n) is 20.8. The van der Waals surface area contributed by atoms with E-state index in [4.69, 9.17) is 4.42 Å². The lowest BCUT2D eigenvalue weighted by Gasteiger charge is -2.29. The van der Waals surface area contributed by atoms with Crippen LogP contribution in [-0.4, -0.2) is 4.57 Å². The van der Waals surface area contributed by atoms with Gasteiger partial charge in [-0.3, -0.25) is 0 Å². The molecular weight excluding hydrogens is 741 g/mol. The van der Waals surface area contributed by atoms with Crippen molar-refractivity contribution in [2.24, 2.45) is 0 Å². The second-order valence-corrected chi connectivity index (χ2v) is 15.7. The maximum Gasteiger partial charge on any atom is 0.135 e. The summed E-state index contributed by atoms with van der Waals surface area (Å²) in [6.07, 6.45) is 0. The number of aromatic nitrogens is 1. The van der Waals surface area contributed by atoms with Crippen LogP contribution < -0.4 is 4.90 Å². The third-order valence-electron chi connectivity index (χ3n) is 12.2. The highest BCUT2D eigenvalue weighted by molar-refractivity contribution is 6.10. The van der Waals surface area contributed by atoms with Crippen molar-refractivity contribution in [3.63, 3.8) is 0 Å². The van der Waals surface area contributed by atoms with Gasteiger partial charge in [0.25, 0.3) is 0 Å². The summed E-state index contributed by atoms with van der Waals surface area (Å²) in [7, 11) is 0. The van der Waals surface area contributed by atoms with Gasteiger partial charge in [0.15, 0.2) is 0 Å². The molecule has 0 aliphatic heterocycles. The Morgan fingerprint density at radius 3 is 1.62 bits per heavy atom. The fourth-order valence-electron chi connectivity index (χ4n) is 9.36. The van der Waals surface area contributed by atoms with Crippen LogP contribution in [0.4, 0.5) is 17.1 Å². The van der Waals surface area contributed by atoms with Gasteiger partial charge < -0.3 is 13.9 Å². The van der Waals surface area contributed by atoms with Gasteiger partial charge in [-0.05, 0) is 88.3 Å². The van der Waals surface area contributed by atoms with Gasteiger partial charge in [0.2, 0.25) is 0 Å². The molecule has 0 atom stereocenters. The molecule has 0 aliphatic rings. The molecule has 0 aliphatic carbocycles. The van der Waals surface area contributed by atoms with Crippen LogP contribution in [0.25, 0.3) is 93.6 Å². The average Bonchev–Trinajstić information content (AvgIpc) is 3.88. The fourth-order valence-corrected chi connectivity index (χ4v) is 9.36. The maximum absolute atomic E-state index is 6.22. The Hall–Kier alpha value is -8.14. The molecule has 12 rings (SSSR count). The lowest BCUT2D eigenvalue weighted by molar-refractivity contribution is 0.669.